The summed E-state index contributed by atoms with van der Waals surface area (Å²) >= 11 is 1.30. The molecule has 1 rings (SSSR count). The highest BCUT2D eigenvalue weighted by Gasteiger charge is 2.14. The standard InChI is InChI=1S/C11H17N3O3S/c1-3-4-12-10(17)7(2)13-11-14-8(6-18-11)5-9(15)16/h6-7H,3-5H2,1-2H3,(H,12,17)(H,13,14)(H,15,16). The number of thiazole rings is 1. The van der Waals surface area contributed by atoms with E-state index in [0.29, 0.717) is 17.4 Å². The second-order valence-corrected chi connectivity index (χ2v) is 4.73. The largest absolute Gasteiger partial charge is 0.481 e. The van der Waals surface area contributed by atoms with Crippen LogP contribution in [0.4, 0.5) is 5.13 Å². The number of carbonyl (C=O) groups is 2. The molecule has 0 bridgehead atoms. The van der Waals surface area contributed by atoms with Gasteiger partial charge >= 0.3 is 5.97 Å². The lowest BCUT2D eigenvalue weighted by molar-refractivity contribution is -0.136. The van der Waals surface area contributed by atoms with Crippen molar-refractivity contribution >= 4 is 28.3 Å². The van der Waals surface area contributed by atoms with E-state index in [1.807, 2.05) is 6.92 Å². The second-order valence-electron chi connectivity index (χ2n) is 3.87. The van der Waals surface area contributed by atoms with Crippen molar-refractivity contribution in [2.75, 3.05) is 11.9 Å². The molecule has 0 saturated heterocycles. The van der Waals surface area contributed by atoms with Crippen molar-refractivity contribution in [3.8, 4) is 0 Å². The van der Waals surface area contributed by atoms with Gasteiger partial charge in [-0.3, -0.25) is 9.59 Å². The van der Waals surface area contributed by atoms with Gasteiger partial charge in [0.15, 0.2) is 5.13 Å². The number of aliphatic carboxylic acids is 1. The third-order valence-corrected chi connectivity index (χ3v) is 2.99. The molecule has 100 valence electrons. The first-order chi connectivity index (χ1) is 8.52. The van der Waals surface area contributed by atoms with Crippen LogP contribution in [0.3, 0.4) is 0 Å². The minimum Gasteiger partial charge on any atom is -0.481 e. The SMILES string of the molecule is CCCNC(=O)C(C)Nc1nc(CC(=O)O)cs1. The highest BCUT2D eigenvalue weighted by molar-refractivity contribution is 7.13. The number of carboxylic acids is 1. The fraction of sp³-hybridized carbons (Fsp3) is 0.545. The molecule has 1 amide bonds. The maximum Gasteiger partial charge on any atom is 0.309 e. The zero-order chi connectivity index (χ0) is 13.5. The molecule has 0 fully saturated rings. The van der Waals surface area contributed by atoms with Gasteiger partial charge in [0.1, 0.15) is 6.04 Å². The molecule has 1 heterocycles. The third-order valence-electron chi connectivity index (χ3n) is 2.17. The lowest BCUT2D eigenvalue weighted by Crippen LogP contribution is -2.37. The Hall–Kier alpha value is -1.63. The van der Waals surface area contributed by atoms with Crippen LogP contribution < -0.4 is 10.6 Å². The summed E-state index contributed by atoms with van der Waals surface area (Å²) in [6.07, 6.45) is 0.785. The summed E-state index contributed by atoms with van der Waals surface area (Å²) in [5.74, 6) is -1.01. The molecule has 0 radical (unpaired) electrons. The molecule has 3 N–H and O–H groups in total. The van der Waals surface area contributed by atoms with Gasteiger partial charge in [0.05, 0.1) is 12.1 Å². The quantitative estimate of drug-likeness (QED) is 0.690. The summed E-state index contributed by atoms with van der Waals surface area (Å²) in [6, 6.07) is -0.389. The Morgan fingerprint density at radius 1 is 1.56 bits per heavy atom. The van der Waals surface area contributed by atoms with Gasteiger partial charge in [-0.1, -0.05) is 6.92 Å². The minimum atomic E-state index is -0.916. The first-order valence-electron chi connectivity index (χ1n) is 5.73. The zero-order valence-electron chi connectivity index (χ0n) is 10.4. The molecule has 0 aromatic carbocycles. The summed E-state index contributed by atoms with van der Waals surface area (Å²) in [5.41, 5.74) is 0.496. The lowest BCUT2D eigenvalue weighted by Gasteiger charge is -2.12. The van der Waals surface area contributed by atoms with Crippen LogP contribution in [0, 0.1) is 0 Å². The van der Waals surface area contributed by atoms with Crippen molar-refractivity contribution in [3.63, 3.8) is 0 Å². The topological polar surface area (TPSA) is 91.3 Å². The third kappa shape index (κ3) is 4.70. The van der Waals surface area contributed by atoms with E-state index >= 15 is 0 Å². The maximum absolute atomic E-state index is 11.6. The van der Waals surface area contributed by atoms with Crippen molar-refractivity contribution in [3.05, 3.63) is 11.1 Å². The maximum atomic E-state index is 11.6. The van der Waals surface area contributed by atoms with Crippen LogP contribution in [-0.2, 0) is 16.0 Å². The first kappa shape index (κ1) is 14.4. The number of carboxylic acid groups (broad SMARTS) is 1. The molecular weight excluding hydrogens is 254 g/mol. The summed E-state index contributed by atoms with van der Waals surface area (Å²) in [6.45, 7) is 4.37. The van der Waals surface area contributed by atoms with Gasteiger partial charge in [-0.15, -0.1) is 11.3 Å². The molecular formula is C11H17N3O3S. The average molecular weight is 271 g/mol. The van der Waals surface area contributed by atoms with Gasteiger partial charge in [-0.05, 0) is 13.3 Å². The molecule has 0 spiro atoms. The minimum absolute atomic E-state index is 0.0909. The number of amides is 1. The predicted molar refractivity (Wildman–Crippen MR) is 69.8 cm³/mol. The van der Waals surface area contributed by atoms with Gasteiger partial charge in [0.25, 0.3) is 0 Å². The number of carbonyl (C=O) groups excluding carboxylic acids is 1. The molecule has 1 atom stereocenters. The zero-order valence-corrected chi connectivity index (χ0v) is 11.2. The number of nitrogens with zero attached hydrogens (tertiary/aromatic N) is 1. The second kappa shape index (κ2) is 6.95. The van der Waals surface area contributed by atoms with Crippen LogP contribution in [-0.4, -0.2) is 34.6 Å². The molecule has 0 aliphatic carbocycles. The van der Waals surface area contributed by atoms with Crippen molar-refractivity contribution in [2.24, 2.45) is 0 Å². The van der Waals surface area contributed by atoms with Crippen molar-refractivity contribution < 1.29 is 14.7 Å². The van der Waals surface area contributed by atoms with E-state index < -0.39 is 5.97 Å². The number of rotatable bonds is 7. The predicted octanol–water partition coefficient (Wildman–Crippen LogP) is 1.10. The Morgan fingerprint density at radius 3 is 2.89 bits per heavy atom. The van der Waals surface area contributed by atoms with Crippen LogP contribution in [0.2, 0.25) is 0 Å². The summed E-state index contributed by atoms with van der Waals surface area (Å²) in [7, 11) is 0. The van der Waals surface area contributed by atoms with Crippen LogP contribution in [0.15, 0.2) is 5.38 Å². The molecule has 1 aromatic rings. The highest BCUT2D eigenvalue weighted by atomic mass is 32.1. The van der Waals surface area contributed by atoms with E-state index in [0.717, 1.165) is 6.42 Å². The van der Waals surface area contributed by atoms with Crippen molar-refractivity contribution in [2.45, 2.75) is 32.7 Å². The molecule has 18 heavy (non-hydrogen) atoms. The van der Waals surface area contributed by atoms with Gasteiger partial charge < -0.3 is 15.7 Å². The van der Waals surface area contributed by atoms with Crippen LogP contribution in [0.25, 0.3) is 0 Å². The number of aromatic nitrogens is 1. The van der Waals surface area contributed by atoms with Gasteiger partial charge in [-0.2, -0.15) is 0 Å². The Kier molecular flexibility index (Phi) is 5.57. The monoisotopic (exact) mass is 271 g/mol. The summed E-state index contributed by atoms with van der Waals surface area (Å²) < 4.78 is 0. The lowest BCUT2D eigenvalue weighted by atomic mass is 10.3. The van der Waals surface area contributed by atoms with E-state index in [1.54, 1.807) is 12.3 Å². The van der Waals surface area contributed by atoms with Crippen LogP contribution >= 0.6 is 11.3 Å². The smallest absolute Gasteiger partial charge is 0.309 e. The first-order valence-corrected chi connectivity index (χ1v) is 6.61. The van der Waals surface area contributed by atoms with Crippen LogP contribution in [0.5, 0.6) is 0 Å². The van der Waals surface area contributed by atoms with Gasteiger partial charge in [0, 0.05) is 11.9 Å². The van der Waals surface area contributed by atoms with E-state index in [2.05, 4.69) is 15.6 Å². The Bertz CT molecular complexity index is 419. The van der Waals surface area contributed by atoms with Gasteiger partial charge in [-0.25, -0.2) is 4.98 Å². The molecule has 0 saturated carbocycles. The fourth-order valence-electron chi connectivity index (χ4n) is 1.26. The molecule has 0 aliphatic heterocycles. The summed E-state index contributed by atoms with van der Waals surface area (Å²) in [5, 5.41) is 16.6. The number of hydrogen-bond donors (Lipinski definition) is 3. The normalized spacial score (nSPS) is 11.9. The average Bonchev–Trinajstić information content (AvgIpc) is 2.72. The van der Waals surface area contributed by atoms with Crippen molar-refractivity contribution in [1.82, 2.24) is 10.3 Å². The van der Waals surface area contributed by atoms with Crippen molar-refractivity contribution in [1.29, 1.82) is 0 Å². The van der Waals surface area contributed by atoms with E-state index in [-0.39, 0.29) is 18.4 Å². The van der Waals surface area contributed by atoms with E-state index in [4.69, 9.17) is 5.11 Å². The van der Waals surface area contributed by atoms with E-state index in [1.165, 1.54) is 11.3 Å². The van der Waals surface area contributed by atoms with E-state index in [9.17, 15) is 9.59 Å². The Labute approximate surface area is 109 Å². The number of hydrogen-bond acceptors (Lipinski definition) is 5. The molecule has 1 aromatic heterocycles. The summed E-state index contributed by atoms with van der Waals surface area (Å²) in [4.78, 5) is 26.2. The molecule has 0 aliphatic rings. The van der Waals surface area contributed by atoms with Gasteiger partial charge in [0.2, 0.25) is 5.91 Å². The fourth-order valence-corrected chi connectivity index (χ4v) is 2.06. The number of anilines is 1. The molecule has 6 nitrogen and oxygen atoms in total. The Balaban J connectivity index is 2.48. The molecule has 7 heteroatoms. The Morgan fingerprint density at radius 2 is 2.28 bits per heavy atom. The number of nitrogens with one attached hydrogen (secondary N) is 2. The highest BCUT2D eigenvalue weighted by Crippen LogP contribution is 2.16. The molecule has 1 unspecified atom stereocenters. The van der Waals surface area contributed by atoms with Crippen LogP contribution in [0.1, 0.15) is 26.0 Å².